The normalized spacial score (nSPS) is 11.4. The molecule has 0 unspecified atom stereocenters. The van der Waals surface area contributed by atoms with Gasteiger partial charge in [0.05, 0.1) is 12.2 Å². The first-order valence-corrected chi connectivity index (χ1v) is 9.16. The van der Waals surface area contributed by atoms with Gasteiger partial charge in [-0.2, -0.15) is 0 Å². The van der Waals surface area contributed by atoms with Crippen LogP contribution < -0.4 is 15.5 Å². The molecule has 6 heteroatoms. The molecule has 0 bridgehead atoms. The van der Waals surface area contributed by atoms with Gasteiger partial charge in [-0.1, -0.05) is 29.8 Å². The minimum absolute atomic E-state index is 0.588. The second-order valence-corrected chi connectivity index (χ2v) is 6.71. The maximum atomic E-state index is 4.62. The van der Waals surface area contributed by atoms with E-state index in [1.54, 1.807) is 11.3 Å². The lowest BCUT2D eigenvalue weighted by Crippen LogP contribution is -2.38. The molecule has 0 amide bonds. The van der Waals surface area contributed by atoms with Gasteiger partial charge in [0.25, 0.3) is 0 Å². The zero-order valence-corrected chi connectivity index (χ0v) is 15.8. The van der Waals surface area contributed by atoms with Gasteiger partial charge < -0.3 is 15.5 Å². The van der Waals surface area contributed by atoms with Gasteiger partial charge in [0.15, 0.2) is 11.1 Å². The number of hydrogen-bond donors (Lipinski definition) is 2. The summed E-state index contributed by atoms with van der Waals surface area (Å²) >= 11 is 1.64. The van der Waals surface area contributed by atoms with Crippen molar-refractivity contribution in [1.82, 2.24) is 15.6 Å². The fraction of sp³-hybridized carbons (Fsp3) is 0.444. The summed E-state index contributed by atoms with van der Waals surface area (Å²) in [6, 6.07) is 8.66. The van der Waals surface area contributed by atoms with Crippen molar-refractivity contribution in [3.05, 3.63) is 46.5 Å². The summed E-state index contributed by atoms with van der Waals surface area (Å²) in [6.07, 6.45) is 0.978. The molecule has 0 saturated heterocycles. The molecule has 0 spiro atoms. The van der Waals surface area contributed by atoms with Crippen LogP contribution in [0.4, 0.5) is 5.13 Å². The Balaban J connectivity index is 1.86. The van der Waals surface area contributed by atoms with E-state index < -0.39 is 0 Å². The lowest BCUT2D eigenvalue weighted by molar-refractivity contribution is 0.797. The zero-order chi connectivity index (χ0) is 17.4. The average Bonchev–Trinajstić information content (AvgIpc) is 3.04. The molecule has 0 fully saturated rings. The summed E-state index contributed by atoms with van der Waals surface area (Å²) < 4.78 is 0. The van der Waals surface area contributed by atoms with Gasteiger partial charge in [0.2, 0.25) is 0 Å². The first-order valence-electron chi connectivity index (χ1n) is 8.28. The van der Waals surface area contributed by atoms with Crippen molar-refractivity contribution in [2.75, 3.05) is 32.1 Å². The van der Waals surface area contributed by atoms with Gasteiger partial charge in [0.1, 0.15) is 0 Å². The summed E-state index contributed by atoms with van der Waals surface area (Å²) in [5.74, 6) is 0.837. The standard InChI is InChI=1S/C18H27N5S/c1-5-19-17(20-11-10-15-8-6-14(2)7-9-15)21-12-16-13-24-18(22-16)23(3)4/h6-9,13H,5,10-12H2,1-4H3,(H2,19,20,21). The SMILES string of the molecule is CCNC(=NCc1csc(N(C)C)n1)NCCc1ccc(C)cc1. The van der Waals surface area contributed by atoms with Crippen molar-refractivity contribution in [3.8, 4) is 0 Å². The van der Waals surface area contributed by atoms with Crippen molar-refractivity contribution in [3.63, 3.8) is 0 Å². The molecule has 0 radical (unpaired) electrons. The monoisotopic (exact) mass is 345 g/mol. The third-order valence-corrected chi connectivity index (χ3v) is 4.55. The van der Waals surface area contributed by atoms with Crippen LogP contribution in [0.3, 0.4) is 0 Å². The van der Waals surface area contributed by atoms with Crippen LogP contribution in [0.1, 0.15) is 23.7 Å². The number of anilines is 1. The predicted molar refractivity (Wildman–Crippen MR) is 104 cm³/mol. The van der Waals surface area contributed by atoms with E-state index in [9.17, 15) is 0 Å². The number of hydrogen-bond acceptors (Lipinski definition) is 4. The molecule has 0 atom stereocenters. The minimum Gasteiger partial charge on any atom is -0.357 e. The van der Waals surface area contributed by atoms with Crippen LogP contribution in [0.15, 0.2) is 34.6 Å². The first kappa shape index (κ1) is 18.3. The van der Waals surface area contributed by atoms with Crippen LogP contribution in [-0.2, 0) is 13.0 Å². The molecule has 24 heavy (non-hydrogen) atoms. The highest BCUT2D eigenvalue weighted by Gasteiger charge is 2.04. The molecule has 1 heterocycles. The molecule has 2 rings (SSSR count). The Bertz CT molecular complexity index is 646. The molecule has 5 nitrogen and oxygen atoms in total. The maximum absolute atomic E-state index is 4.62. The van der Waals surface area contributed by atoms with Crippen LogP contribution in [0.5, 0.6) is 0 Å². The number of nitrogens with one attached hydrogen (secondary N) is 2. The van der Waals surface area contributed by atoms with Crippen molar-refractivity contribution in [2.24, 2.45) is 4.99 Å². The van der Waals surface area contributed by atoms with E-state index in [2.05, 4.69) is 64.1 Å². The van der Waals surface area contributed by atoms with Gasteiger partial charge in [-0.15, -0.1) is 11.3 Å². The molecule has 0 aliphatic rings. The molecular formula is C18H27N5S. The van der Waals surface area contributed by atoms with E-state index in [4.69, 9.17) is 0 Å². The van der Waals surface area contributed by atoms with Gasteiger partial charge >= 0.3 is 0 Å². The maximum Gasteiger partial charge on any atom is 0.191 e. The third-order valence-electron chi connectivity index (χ3n) is 3.49. The van der Waals surface area contributed by atoms with Crippen LogP contribution in [0.2, 0.25) is 0 Å². The Morgan fingerprint density at radius 3 is 2.58 bits per heavy atom. The van der Waals surface area contributed by atoms with Crippen molar-refractivity contribution in [1.29, 1.82) is 0 Å². The van der Waals surface area contributed by atoms with Gasteiger partial charge in [-0.3, -0.25) is 0 Å². The first-order chi connectivity index (χ1) is 11.6. The molecular weight excluding hydrogens is 318 g/mol. The largest absolute Gasteiger partial charge is 0.357 e. The number of nitrogens with zero attached hydrogens (tertiary/aromatic N) is 3. The number of guanidine groups is 1. The Hall–Kier alpha value is -2.08. The number of benzene rings is 1. The number of thiazole rings is 1. The van der Waals surface area contributed by atoms with E-state index >= 15 is 0 Å². The van der Waals surface area contributed by atoms with E-state index in [0.29, 0.717) is 6.54 Å². The molecule has 0 aliphatic heterocycles. The Kier molecular flexibility index (Phi) is 7.06. The van der Waals surface area contributed by atoms with Gasteiger partial charge in [-0.05, 0) is 25.8 Å². The summed E-state index contributed by atoms with van der Waals surface area (Å²) in [7, 11) is 4.01. The highest BCUT2D eigenvalue weighted by Crippen LogP contribution is 2.18. The topological polar surface area (TPSA) is 52.6 Å². The van der Waals surface area contributed by atoms with Crippen LogP contribution in [-0.4, -0.2) is 38.1 Å². The number of rotatable bonds is 7. The van der Waals surface area contributed by atoms with E-state index in [1.165, 1.54) is 11.1 Å². The van der Waals surface area contributed by atoms with Crippen molar-refractivity contribution in [2.45, 2.75) is 26.8 Å². The summed E-state index contributed by atoms with van der Waals surface area (Å²) in [5, 5.41) is 9.75. The molecule has 0 aliphatic carbocycles. The summed E-state index contributed by atoms with van der Waals surface area (Å²) in [6.45, 7) is 6.47. The highest BCUT2D eigenvalue weighted by molar-refractivity contribution is 7.13. The number of aryl methyl sites for hydroxylation is 1. The lowest BCUT2D eigenvalue weighted by atomic mass is 10.1. The molecule has 1 aromatic heterocycles. The smallest absolute Gasteiger partial charge is 0.191 e. The summed E-state index contributed by atoms with van der Waals surface area (Å²) in [4.78, 5) is 11.2. The van der Waals surface area contributed by atoms with E-state index in [1.807, 2.05) is 19.0 Å². The third kappa shape index (κ3) is 5.85. The quantitative estimate of drug-likeness (QED) is 0.598. The van der Waals surface area contributed by atoms with Gasteiger partial charge in [0, 0.05) is 32.6 Å². The average molecular weight is 346 g/mol. The van der Waals surface area contributed by atoms with E-state index in [-0.39, 0.29) is 0 Å². The fourth-order valence-electron chi connectivity index (χ4n) is 2.16. The molecule has 0 saturated carbocycles. The van der Waals surface area contributed by atoms with Crippen LogP contribution in [0.25, 0.3) is 0 Å². The number of aromatic nitrogens is 1. The van der Waals surface area contributed by atoms with Crippen LogP contribution in [0, 0.1) is 6.92 Å². The Labute approximate surface area is 148 Å². The zero-order valence-electron chi connectivity index (χ0n) is 15.0. The highest BCUT2D eigenvalue weighted by atomic mass is 32.1. The fourth-order valence-corrected chi connectivity index (χ4v) is 2.91. The predicted octanol–water partition coefficient (Wildman–Crippen LogP) is 2.82. The number of aliphatic imine (C=N–C) groups is 1. The Morgan fingerprint density at radius 1 is 1.21 bits per heavy atom. The molecule has 1 aromatic carbocycles. The second-order valence-electron chi connectivity index (χ2n) is 5.87. The molecule has 130 valence electrons. The molecule has 2 aromatic rings. The van der Waals surface area contributed by atoms with Gasteiger partial charge in [-0.25, -0.2) is 9.98 Å². The summed E-state index contributed by atoms with van der Waals surface area (Å²) in [5.41, 5.74) is 3.63. The van der Waals surface area contributed by atoms with Crippen LogP contribution >= 0.6 is 11.3 Å². The second kappa shape index (κ2) is 9.27. The minimum atomic E-state index is 0.588. The van der Waals surface area contributed by atoms with Crippen molar-refractivity contribution >= 4 is 22.4 Å². The lowest BCUT2D eigenvalue weighted by Gasteiger charge is -2.11. The van der Waals surface area contributed by atoms with E-state index in [0.717, 1.165) is 36.3 Å². The Morgan fingerprint density at radius 2 is 1.96 bits per heavy atom. The molecule has 2 N–H and O–H groups in total. The van der Waals surface area contributed by atoms with Crippen molar-refractivity contribution < 1.29 is 0 Å².